The average molecular weight is 274 g/mol. The van der Waals surface area contributed by atoms with Crippen molar-refractivity contribution in [3.63, 3.8) is 0 Å². The number of methoxy groups -OCH3 is 3. The molecule has 5 heteroatoms. The number of nitrogens with one attached hydrogen (secondary N) is 1. The van der Waals surface area contributed by atoms with Crippen molar-refractivity contribution < 1.29 is 14.2 Å². The molecule has 0 unspecified atom stereocenters. The van der Waals surface area contributed by atoms with E-state index >= 15 is 0 Å². The van der Waals surface area contributed by atoms with E-state index in [-0.39, 0.29) is 0 Å². The largest absolute Gasteiger partial charge is 0.497 e. The van der Waals surface area contributed by atoms with Gasteiger partial charge < -0.3 is 19.5 Å². The Hall–Kier alpha value is -2.43. The lowest BCUT2D eigenvalue weighted by molar-refractivity contribution is 0.395. The number of pyridine rings is 1. The average Bonchev–Trinajstić information content (AvgIpc) is 2.52. The molecule has 2 rings (SSSR count). The zero-order valence-corrected chi connectivity index (χ0v) is 11.8. The molecule has 0 saturated carbocycles. The molecule has 0 spiro atoms. The van der Waals surface area contributed by atoms with Crippen LogP contribution in [0.15, 0.2) is 36.4 Å². The lowest BCUT2D eigenvalue weighted by Gasteiger charge is -2.12. The monoisotopic (exact) mass is 274 g/mol. The van der Waals surface area contributed by atoms with Gasteiger partial charge in [-0.1, -0.05) is 6.07 Å². The lowest BCUT2D eigenvalue weighted by Crippen LogP contribution is -2.04. The van der Waals surface area contributed by atoms with Gasteiger partial charge in [0.2, 0.25) is 5.88 Å². The normalized spacial score (nSPS) is 9.95. The first-order valence-corrected chi connectivity index (χ1v) is 6.22. The second-order valence-corrected chi connectivity index (χ2v) is 4.09. The van der Waals surface area contributed by atoms with Crippen LogP contribution in [0.25, 0.3) is 0 Å². The van der Waals surface area contributed by atoms with Gasteiger partial charge in [0.25, 0.3) is 0 Å². The van der Waals surface area contributed by atoms with Crippen LogP contribution in [-0.4, -0.2) is 26.3 Å². The molecule has 1 heterocycles. The maximum absolute atomic E-state index is 5.33. The fourth-order valence-corrected chi connectivity index (χ4v) is 1.80. The minimum absolute atomic E-state index is 0.583. The van der Waals surface area contributed by atoms with Gasteiger partial charge in [-0.15, -0.1) is 0 Å². The standard InChI is InChI=1S/C15H18N2O3/c1-18-12-7-8-13(14(9-12)19-2)16-10-11-5-4-6-15(17-11)20-3/h4-9,16H,10H2,1-3H3. The summed E-state index contributed by atoms with van der Waals surface area (Å²) in [6, 6.07) is 11.3. The third-order valence-electron chi connectivity index (χ3n) is 2.86. The predicted molar refractivity (Wildman–Crippen MR) is 77.7 cm³/mol. The number of benzene rings is 1. The fraction of sp³-hybridized carbons (Fsp3) is 0.267. The van der Waals surface area contributed by atoms with E-state index in [0.717, 1.165) is 22.9 Å². The van der Waals surface area contributed by atoms with Crippen LogP contribution in [0.5, 0.6) is 17.4 Å². The van der Waals surface area contributed by atoms with Crippen LogP contribution in [0.2, 0.25) is 0 Å². The highest BCUT2D eigenvalue weighted by Crippen LogP contribution is 2.29. The fourth-order valence-electron chi connectivity index (χ4n) is 1.80. The molecular formula is C15H18N2O3. The van der Waals surface area contributed by atoms with Crippen molar-refractivity contribution in [2.45, 2.75) is 6.54 Å². The van der Waals surface area contributed by atoms with Crippen molar-refractivity contribution in [1.29, 1.82) is 0 Å². The predicted octanol–water partition coefficient (Wildman–Crippen LogP) is 2.72. The number of aromatic nitrogens is 1. The zero-order valence-electron chi connectivity index (χ0n) is 11.8. The minimum Gasteiger partial charge on any atom is -0.497 e. The van der Waals surface area contributed by atoms with Crippen molar-refractivity contribution >= 4 is 5.69 Å². The first-order chi connectivity index (χ1) is 9.76. The van der Waals surface area contributed by atoms with Crippen molar-refractivity contribution in [3.8, 4) is 17.4 Å². The van der Waals surface area contributed by atoms with Crippen LogP contribution in [0.3, 0.4) is 0 Å². The summed E-state index contributed by atoms with van der Waals surface area (Å²) in [7, 11) is 4.86. The molecule has 2 aromatic rings. The number of ether oxygens (including phenoxy) is 3. The lowest BCUT2D eigenvalue weighted by atomic mass is 10.2. The summed E-state index contributed by atoms with van der Waals surface area (Å²) in [5.41, 5.74) is 1.78. The number of hydrogen-bond acceptors (Lipinski definition) is 5. The Balaban J connectivity index is 2.10. The van der Waals surface area contributed by atoms with Gasteiger partial charge in [0.15, 0.2) is 0 Å². The van der Waals surface area contributed by atoms with Crippen molar-refractivity contribution in [2.75, 3.05) is 26.6 Å². The van der Waals surface area contributed by atoms with E-state index in [2.05, 4.69) is 10.3 Å². The van der Waals surface area contributed by atoms with Gasteiger partial charge in [-0.2, -0.15) is 0 Å². The maximum Gasteiger partial charge on any atom is 0.213 e. The Morgan fingerprint density at radius 1 is 1.00 bits per heavy atom. The van der Waals surface area contributed by atoms with Gasteiger partial charge >= 0.3 is 0 Å². The van der Waals surface area contributed by atoms with E-state index in [4.69, 9.17) is 14.2 Å². The number of anilines is 1. The number of rotatable bonds is 6. The Bertz CT molecular complexity index is 573. The minimum atomic E-state index is 0.583. The van der Waals surface area contributed by atoms with E-state index in [1.54, 1.807) is 21.3 Å². The van der Waals surface area contributed by atoms with E-state index in [1.807, 2.05) is 36.4 Å². The van der Waals surface area contributed by atoms with E-state index in [1.165, 1.54) is 0 Å². The number of hydrogen-bond donors (Lipinski definition) is 1. The first kappa shape index (κ1) is 14.0. The molecule has 0 aliphatic heterocycles. The summed E-state index contributed by atoms with van der Waals surface area (Å²) in [4.78, 5) is 4.35. The Labute approximate surface area is 118 Å². The molecule has 20 heavy (non-hydrogen) atoms. The van der Waals surface area contributed by atoms with Gasteiger partial charge in [0, 0.05) is 12.1 Å². The summed E-state index contributed by atoms with van der Waals surface area (Å²) in [5.74, 6) is 2.09. The van der Waals surface area contributed by atoms with Crippen LogP contribution in [0.4, 0.5) is 5.69 Å². The molecule has 0 aliphatic rings. The van der Waals surface area contributed by atoms with Crippen LogP contribution >= 0.6 is 0 Å². The Kier molecular flexibility index (Phi) is 4.65. The molecule has 1 aromatic carbocycles. The molecule has 106 valence electrons. The summed E-state index contributed by atoms with van der Waals surface area (Å²) >= 11 is 0. The van der Waals surface area contributed by atoms with Crippen LogP contribution in [0, 0.1) is 0 Å². The molecule has 0 fully saturated rings. The summed E-state index contributed by atoms with van der Waals surface area (Å²) < 4.78 is 15.6. The third kappa shape index (κ3) is 3.32. The van der Waals surface area contributed by atoms with E-state index in [0.29, 0.717) is 12.4 Å². The molecule has 1 N–H and O–H groups in total. The van der Waals surface area contributed by atoms with Gasteiger partial charge in [0.05, 0.1) is 39.3 Å². The highest BCUT2D eigenvalue weighted by atomic mass is 16.5. The van der Waals surface area contributed by atoms with Gasteiger partial charge in [0.1, 0.15) is 11.5 Å². The van der Waals surface area contributed by atoms with Crippen LogP contribution < -0.4 is 19.5 Å². The molecule has 1 aromatic heterocycles. The SMILES string of the molecule is COc1ccc(NCc2cccc(OC)n2)c(OC)c1. The van der Waals surface area contributed by atoms with Crippen molar-refractivity contribution in [2.24, 2.45) is 0 Å². The highest BCUT2D eigenvalue weighted by molar-refractivity contribution is 5.59. The second-order valence-electron chi connectivity index (χ2n) is 4.09. The van der Waals surface area contributed by atoms with Crippen LogP contribution in [-0.2, 0) is 6.54 Å². The van der Waals surface area contributed by atoms with Gasteiger partial charge in [-0.3, -0.25) is 0 Å². The summed E-state index contributed by atoms with van der Waals surface area (Å²) in [5, 5.41) is 3.28. The zero-order chi connectivity index (χ0) is 14.4. The van der Waals surface area contributed by atoms with E-state index in [9.17, 15) is 0 Å². The molecule has 0 aliphatic carbocycles. The molecule has 0 bridgehead atoms. The molecule has 0 amide bonds. The number of nitrogens with zero attached hydrogens (tertiary/aromatic N) is 1. The van der Waals surface area contributed by atoms with Crippen molar-refractivity contribution in [1.82, 2.24) is 4.98 Å². The second kappa shape index (κ2) is 6.65. The van der Waals surface area contributed by atoms with Gasteiger partial charge in [-0.25, -0.2) is 4.98 Å². The molecular weight excluding hydrogens is 256 g/mol. The molecule has 0 saturated heterocycles. The Morgan fingerprint density at radius 3 is 2.55 bits per heavy atom. The molecule has 5 nitrogen and oxygen atoms in total. The molecule has 0 radical (unpaired) electrons. The highest BCUT2D eigenvalue weighted by Gasteiger charge is 2.05. The Morgan fingerprint density at radius 2 is 1.85 bits per heavy atom. The van der Waals surface area contributed by atoms with Crippen molar-refractivity contribution in [3.05, 3.63) is 42.1 Å². The smallest absolute Gasteiger partial charge is 0.213 e. The van der Waals surface area contributed by atoms with E-state index < -0.39 is 0 Å². The molecule has 0 atom stereocenters. The first-order valence-electron chi connectivity index (χ1n) is 6.22. The van der Waals surface area contributed by atoms with Gasteiger partial charge in [-0.05, 0) is 18.2 Å². The topological polar surface area (TPSA) is 52.6 Å². The summed E-state index contributed by atoms with van der Waals surface area (Å²) in [6.45, 7) is 0.583. The summed E-state index contributed by atoms with van der Waals surface area (Å²) in [6.07, 6.45) is 0. The maximum atomic E-state index is 5.33. The quantitative estimate of drug-likeness (QED) is 0.877. The third-order valence-corrected chi connectivity index (χ3v) is 2.86. The van der Waals surface area contributed by atoms with Crippen LogP contribution in [0.1, 0.15) is 5.69 Å².